The number of nitro groups is 1. The van der Waals surface area contributed by atoms with Crippen LogP contribution in [-0.2, 0) is 19.1 Å². The second-order valence-electron chi connectivity index (χ2n) is 4.99. The summed E-state index contributed by atoms with van der Waals surface area (Å²) in [5.74, 6) is -1.24. The van der Waals surface area contributed by atoms with Crippen molar-refractivity contribution in [1.82, 2.24) is 0 Å². The molecule has 1 heterocycles. The average molecular weight is 343 g/mol. The maximum atomic E-state index is 12.0. The summed E-state index contributed by atoms with van der Waals surface area (Å²) >= 11 is 5.89. The molecule has 1 aromatic carbocycles. The maximum Gasteiger partial charge on any atom is 0.336 e. The Bertz CT molecular complexity index is 630. The van der Waals surface area contributed by atoms with Crippen LogP contribution in [0.25, 0.3) is 0 Å². The van der Waals surface area contributed by atoms with Gasteiger partial charge < -0.3 is 14.8 Å². The van der Waals surface area contributed by atoms with Crippen LogP contribution in [0.15, 0.2) is 18.2 Å². The molecule has 1 fully saturated rings. The lowest BCUT2D eigenvalue weighted by Crippen LogP contribution is -2.34. The zero-order valence-corrected chi connectivity index (χ0v) is 13.0. The van der Waals surface area contributed by atoms with Crippen molar-refractivity contribution in [2.24, 2.45) is 0 Å². The smallest absolute Gasteiger partial charge is 0.336 e. The van der Waals surface area contributed by atoms with Gasteiger partial charge in [0.05, 0.1) is 15.6 Å². The number of benzene rings is 1. The van der Waals surface area contributed by atoms with Gasteiger partial charge in [0.1, 0.15) is 0 Å². The van der Waals surface area contributed by atoms with Crippen LogP contribution in [0.5, 0.6) is 0 Å². The minimum atomic E-state index is -1.08. The van der Waals surface area contributed by atoms with Gasteiger partial charge in [0.25, 0.3) is 11.6 Å². The highest BCUT2D eigenvalue weighted by atomic mass is 35.5. The Kier molecular flexibility index (Phi) is 5.51. The lowest BCUT2D eigenvalue weighted by Gasteiger charge is -2.16. The number of amides is 1. The van der Waals surface area contributed by atoms with E-state index < -0.39 is 29.0 Å². The first-order valence-electron chi connectivity index (χ1n) is 6.95. The molecule has 0 radical (unpaired) electrons. The largest absolute Gasteiger partial charge is 0.451 e. The fourth-order valence-corrected chi connectivity index (χ4v) is 2.19. The zero-order valence-electron chi connectivity index (χ0n) is 12.3. The number of nitrogens with zero attached hydrogens (tertiary/aromatic N) is 1. The molecule has 1 aliphatic rings. The molecule has 0 bridgehead atoms. The number of non-ortho nitro benzene ring substituents is 1. The molecule has 0 spiro atoms. The van der Waals surface area contributed by atoms with Gasteiger partial charge in [0.15, 0.2) is 12.2 Å². The summed E-state index contributed by atoms with van der Waals surface area (Å²) in [4.78, 5) is 34.0. The number of hydrogen-bond donors (Lipinski definition) is 1. The van der Waals surface area contributed by atoms with Gasteiger partial charge in [-0.15, -0.1) is 0 Å². The quantitative estimate of drug-likeness (QED) is 0.499. The molecular formula is C14H15ClN2O6. The number of anilines is 1. The predicted octanol–water partition coefficient (Wildman–Crippen LogP) is 2.30. The molecule has 1 aliphatic heterocycles. The highest BCUT2D eigenvalue weighted by Gasteiger charge is 2.28. The molecule has 0 aliphatic carbocycles. The molecule has 1 N–H and O–H groups in total. The van der Waals surface area contributed by atoms with E-state index in [1.165, 1.54) is 19.1 Å². The first-order valence-corrected chi connectivity index (χ1v) is 7.33. The van der Waals surface area contributed by atoms with Crippen LogP contribution in [0, 0.1) is 10.1 Å². The van der Waals surface area contributed by atoms with E-state index in [0.717, 1.165) is 12.5 Å². The summed E-state index contributed by atoms with van der Waals surface area (Å²) in [6, 6.07) is 3.66. The van der Waals surface area contributed by atoms with Crippen molar-refractivity contribution in [2.45, 2.75) is 32.0 Å². The number of carbonyl (C=O) groups is 2. The van der Waals surface area contributed by atoms with Gasteiger partial charge in [-0.2, -0.15) is 0 Å². The SMILES string of the molecule is CC(OC(=O)C1CCCO1)C(=O)Nc1cc([N+](=O)[O-])ccc1Cl. The molecule has 0 aromatic heterocycles. The van der Waals surface area contributed by atoms with Gasteiger partial charge in [-0.25, -0.2) is 4.79 Å². The molecule has 2 unspecified atom stereocenters. The summed E-state index contributed by atoms with van der Waals surface area (Å²) in [6.45, 7) is 1.89. The van der Waals surface area contributed by atoms with E-state index in [4.69, 9.17) is 21.1 Å². The normalized spacial score (nSPS) is 18.3. The van der Waals surface area contributed by atoms with Crippen LogP contribution < -0.4 is 5.32 Å². The maximum absolute atomic E-state index is 12.0. The van der Waals surface area contributed by atoms with Crippen molar-refractivity contribution in [1.29, 1.82) is 0 Å². The summed E-state index contributed by atoms with van der Waals surface area (Å²) in [7, 11) is 0. The molecule has 1 amide bonds. The van der Waals surface area contributed by atoms with Crippen molar-refractivity contribution in [3.8, 4) is 0 Å². The van der Waals surface area contributed by atoms with Crippen LogP contribution in [0.2, 0.25) is 5.02 Å². The summed E-state index contributed by atoms with van der Waals surface area (Å²) in [6.07, 6.45) is -0.401. The van der Waals surface area contributed by atoms with Crippen LogP contribution >= 0.6 is 11.6 Å². The Balaban J connectivity index is 1.99. The van der Waals surface area contributed by atoms with E-state index in [1.54, 1.807) is 0 Å². The summed E-state index contributed by atoms with van der Waals surface area (Å²) in [5.41, 5.74) is -0.139. The lowest BCUT2D eigenvalue weighted by atomic mass is 10.2. The van der Waals surface area contributed by atoms with E-state index in [9.17, 15) is 19.7 Å². The number of esters is 1. The Labute approximate surface area is 136 Å². The number of rotatable bonds is 5. The Hall–Kier alpha value is -2.19. The van der Waals surface area contributed by atoms with Crippen molar-refractivity contribution >= 4 is 34.9 Å². The lowest BCUT2D eigenvalue weighted by molar-refractivity contribution is -0.384. The van der Waals surface area contributed by atoms with Crippen molar-refractivity contribution < 1.29 is 24.0 Å². The Morgan fingerprint density at radius 3 is 2.87 bits per heavy atom. The van der Waals surface area contributed by atoms with Gasteiger partial charge in [-0.3, -0.25) is 14.9 Å². The third-order valence-electron chi connectivity index (χ3n) is 3.27. The van der Waals surface area contributed by atoms with Crippen LogP contribution in [-0.4, -0.2) is 35.6 Å². The summed E-state index contributed by atoms with van der Waals surface area (Å²) < 4.78 is 10.2. The minimum absolute atomic E-state index is 0.0749. The summed E-state index contributed by atoms with van der Waals surface area (Å²) in [5, 5.41) is 13.3. The average Bonchev–Trinajstić information content (AvgIpc) is 3.03. The molecule has 2 atom stereocenters. The van der Waals surface area contributed by atoms with Gasteiger partial charge >= 0.3 is 5.97 Å². The molecule has 23 heavy (non-hydrogen) atoms. The minimum Gasteiger partial charge on any atom is -0.451 e. The molecule has 124 valence electrons. The standard InChI is InChI=1S/C14H15ClN2O6/c1-8(23-14(19)12-3-2-6-22-12)13(18)16-11-7-9(17(20)21)4-5-10(11)15/h4-5,7-8,12H,2-3,6H2,1H3,(H,16,18). The number of ether oxygens (including phenoxy) is 2. The van der Waals surface area contributed by atoms with Gasteiger partial charge in [0, 0.05) is 18.7 Å². The first kappa shape index (κ1) is 17.2. The monoisotopic (exact) mass is 342 g/mol. The topological polar surface area (TPSA) is 108 Å². The van der Waals surface area contributed by atoms with E-state index in [1.807, 2.05) is 0 Å². The van der Waals surface area contributed by atoms with Crippen LogP contribution in [0.1, 0.15) is 19.8 Å². The first-order chi connectivity index (χ1) is 10.9. The van der Waals surface area contributed by atoms with Gasteiger partial charge in [-0.1, -0.05) is 11.6 Å². The van der Waals surface area contributed by atoms with Crippen LogP contribution in [0.3, 0.4) is 0 Å². The van der Waals surface area contributed by atoms with E-state index in [2.05, 4.69) is 5.32 Å². The number of nitro benzene ring substituents is 1. The molecule has 2 rings (SSSR count). The fraction of sp³-hybridized carbons (Fsp3) is 0.429. The Morgan fingerprint density at radius 2 is 2.26 bits per heavy atom. The highest BCUT2D eigenvalue weighted by molar-refractivity contribution is 6.33. The van der Waals surface area contributed by atoms with Crippen molar-refractivity contribution in [2.75, 3.05) is 11.9 Å². The number of nitrogens with one attached hydrogen (secondary N) is 1. The van der Waals surface area contributed by atoms with E-state index >= 15 is 0 Å². The molecule has 9 heteroatoms. The second-order valence-corrected chi connectivity index (χ2v) is 5.40. The number of carbonyl (C=O) groups excluding carboxylic acids is 2. The third-order valence-corrected chi connectivity index (χ3v) is 3.60. The van der Waals surface area contributed by atoms with Crippen molar-refractivity contribution in [3.05, 3.63) is 33.3 Å². The second kappa shape index (κ2) is 7.38. The van der Waals surface area contributed by atoms with Crippen molar-refractivity contribution in [3.63, 3.8) is 0 Å². The fourth-order valence-electron chi connectivity index (χ4n) is 2.02. The highest BCUT2D eigenvalue weighted by Crippen LogP contribution is 2.27. The number of halogens is 1. The van der Waals surface area contributed by atoms with E-state index in [-0.39, 0.29) is 16.4 Å². The van der Waals surface area contributed by atoms with Gasteiger partial charge in [-0.05, 0) is 25.8 Å². The molecular weight excluding hydrogens is 328 g/mol. The Morgan fingerprint density at radius 1 is 1.52 bits per heavy atom. The zero-order chi connectivity index (χ0) is 17.0. The third kappa shape index (κ3) is 4.40. The number of hydrogen-bond acceptors (Lipinski definition) is 6. The van der Waals surface area contributed by atoms with E-state index in [0.29, 0.717) is 13.0 Å². The molecule has 8 nitrogen and oxygen atoms in total. The molecule has 1 aromatic rings. The molecule has 0 saturated carbocycles. The van der Waals surface area contributed by atoms with Gasteiger partial charge in [0.2, 0.25) is 0 Å². The van der Waals surface area contributed by atoms with Crippen LogP contribution in [0.4, 0.5) is 11.4 Å². The predicted molar refractivity (Wildman–Crippen MR) is 81.3 cm³/mol. The molecule has 1 saturated heterocycles.